The fourth-order valence-electron chi connectivity index (χ4n) is 2.26. The summed E-state index contributed by atoms with van der Waals surface area (Å²) >= 11 is 0. The van der Waals surface area contributed by atoms with E-state index in [2.05, 4.69) is 0 Å². The molecule has 1 aliphatic heterocycles. The van der Waals surface area contributed by atoms with Crippen LogP contribution in [0.15, 0.2) is 42.5 Å². The topological polar surface area (TPSA) is 63.4 Å². The van der Waals surface area contributed by atoms with Gasteiger partial charge < -0.3 is 5.73 Å². The molecule has 4 nitrogen and oxygen atoms in total. The highest BCUT2D eigenvalue weighted by Gasteiger charge is 2.37. The third-order valence-electron chi connectivity index (χ3n) is 3.22. The Hall–Kier alpha value is -2.62. The molecule has 0 saturated heterocycles. The summed E-state index contributed by atoms with van der Waals surface area (Å²) in [6.07, 6.45) is 0. The molecule has 0 unspecified atom stereocenters. The molecule has 1 heterocycles. The number of nitrogens with zero attached hydrogens (tertiary/aromatic N) is 1. The number of aryl methyl sites for hydroxylation is 1. The quantitative estimate of drug-likeness (QED) is 0.626. The molecule has 0 spiro atoms. The van der Waals surface area contributed by atoms with E-state index in [1.807, 2.05) is 13.0 Å². The zero-order chi connectivity index (χ0) is 13.6. The molecule has 0 bridgehead atoms. The molecule has 3 rings (SSSR count). The van der Waals surface area contributed by atoms with Gasteiger partial charge in [-0.05, 0) is 36.8 Å². The molecule has 0 radical (unpaired) electrons. The number of amides is 2. The van der Waals surface area contributed by atoms with Gasteiger partial charge in [0.25, 0.3) is 11.8 Å². The number of hydrogen-bond acceptors (Lipinski definition) is 3. The average molecular weight is 252 g/mol. The highest BCUT2D eigenvalue weighted by molar-refractivity contribution is 6.35. The van der Waals surface area contributed by atoms with E-state index < -0.39 is 0 Å². The molecule has 19 heavy (non-hydrogen) atoms. The lowest BCUT2D eigenvalue weighted by atomic mass is 10.1. The lowest BCUT2D eigenvalue weighted by Gasteiger charge is -2.16. The Morgan fingerprint density at radius 2 is 1.53 bits per heavy atom. The van der Waals surface area contributed by atoms with Crippen LogP contribution in [0, 0.1) is 6.92 Å². The molecule has 0 aliphatic carbocycles. The summed E-state index contributed by atoms with van der Waals surface area (Å²) in [6, 6.07) is 12.1. The summed E-state index contributed by atoms with van der Waals surface area (Å²) in [5.41, 5.74) is 8.54. The summed E-state index contributed by atoms with van der Waals surface area (Å²) in [6.45, 7) is 1.89. The number of imide groups is 1. The standard InChI is InChI=1S/C15H12N2O2/c1-9-6-7-12(16)13(8-9)17-14(18)10-4-2-3-5-11(10)15(17)19/h2-8H,16H2,1H3. The normalized spacial score (nSPS) is 13.8. The summed E-state index contributed by atoms with van der Waals surface area (Å²) < 4.78 is 0. The molecule has 1 aliphatic rings. The molecule has 2 N–H and O–H groups in total. The first-order valence-corrected chi connectivity index (χ1v) is 5.93. The first-order chi connectivity index (χ1) is 9.09. The number of rotatable bonds is 1. The fraction of sp³-hybridized carbons (Fsp3) is 0.0667. The van der Waals surface area contributed by atoms with Crippen LogP contribution in [0.5, 0.6) is 0 Å². The predicted molar refractivity (Wildman–Crippen MR) is 73.2 cm³/mol. The van der Waals surface area contributed by atoms with Gasteiger partial charge in [-0.1, -0.05) is 18.2 Å². The van der Waals surface area contributed by atoms with Crippen molar-refractivity contribution in [2.24, 2.45) is 0 Å². The SMILES string of the molecule is Cc1ccc(N)c(N2C(=O)c3ccccc3C2=O)c1. The van der Waals surface area contributed by atoms with Crippen molar-refractivity contribution in [2.75, 3.05) is 10.6 Å². The molecule has 2 aromatic carbocycles. The second-order valence-corrected chi connectivity index (χ2v) is 4.55. The van der Waals surface area contributed by atoms with Crippen LogP contribution in [0.3, 0.4) is 0 Å². The Bertz CT molecular complexity index is 672. The molecule has 0 atom stereocenters. The number of hydrogen-bond donors (Lipinski definition) is 1. The summed E-state index contributed by atoms with van der Waals surface area (Å²) in [7, 11) is 0. The van der Waals surface area contributed by atoms with Gasteiger partial charge in [-0.15, -0.1) is 0 Å². The van der Waals surface area contributed by atoms with Crippen LogP contribution in [0.4, 0.5) is 11.4 Å². The second-order valence-electron chi connectivity index (χ2n) is 4.55. The molecular weight excluding hydrogens is 240 g/mol. The van der Waals surface area contributed by atoms with Gasteiger partial charge in [0.1, 0.15) is 0 Å². The summed E-state index contributed by atoms with van der Waals surface area (Å²) in [4.78, 5) is 25.8. The Labute approximate surface area is 110 Å². The van der Waals surface area contributed by atoms with Crippen LogP contribution < -0.4 is 10.6 Å². The largest absolute Gasteiger partial charge is 0.397 e. The van der Waals surface area contributed by atoms with Crippen molar-refractivity contribution in [3.05, 3.63) is 59.2 Å². The van der Waals surface area contributed by atoms with Crippen molar-refractivity contribution in [1.82, 2.24) is 0 Å². The van der Waals surface area contributed by atoms with Gasteiger partial charge in [0.05, 0.1) is 22.5 Å². The van der Waals surface area contributed by atoms with Crippen LogP contribution in [0.25, 0.3) is 0 Å². The molecule has 4 heteroatoms. The fourth-order valence-corrected chi connectivity index (χ4v) is 2.26. The number of carbonyl (C=O) groups excluding carboxylic acids is 2. The van der Waals surface area contributed by atoms with Crippen molar-refractivity contribution in [1.29, 1.82) is 0 Å². The number of carbonyl (C=O) groups is 2. The smallest absolute Gasteiger partial charge is 0.266 e. The van der Waals surface area contributed by atoms with Gasteiger partial charge in [0.2, 0.25) is 0 Å². The number of benzene rings is 2. The zero-order valence-electron chi connectivity index (χ0n) is 10.4. The highest BCUT2D eigenvalue weighted by Crippen LogP contribution is 2.32. The third-order valence-corrected chi connectivity index (χ3v) is 3.22. The van der Waals surface area contributed by atoms with E-state index in [4.69, 9.17) is 5.73 Å². The van der Waals surface area contributed by atoms with E-state index in [0.717, 1.165) is 10.5 Å². The molecule has 0 aromatic heterocycles. The number of nitrogens with two attached hydrogens (primary N) is 1. The number of anilines is 2. The molecule has 2 aromatic rings. The van der Waals surface area contributed by atoms with E-state index in [9.17, 15) is 9.59 Å². The van der Waals surface area contributed by atoms with Gasteiger partial charge >= 0.3 is 0 Å². The minimum absolute atomic E-state index is 0.321. The van der Waals surface area contributed by atoms with Crippen molar-refractivity contribution in [3.8, 4) is 0 Å². The lowest BCUT2D eigenvalue weighted by molar-refractivity contribution is 0.0926. The zero-order valence-corrected chi connectivity index (χ0v) is 10.4. The van der Waals surface area contributed by atoms with Crippen LogP contribution in [0.1, 0.15) is 26.3 Å². The van der Waals surface area contributed by atoms with Crippen LogP contribution >= 0.6 is 0 Å². The van der Waals surface area contributed by atoms with E-state index in [-0.39, 0.29) is 11.8 Å². The van der Waals surface area contributed by atoms with Gasteiger partial charge in [0.15, 0.2) is 0 Å². The number of nitrogen functional groups attached to an aromatic ring is 1. The Balaban J connectivity index is 2.17. The Morgan fingerprint density at radius 1 is 0.947 bits per heavy atom. The summed E-state index contributed by atoms with van der Waals surface area (Å²) in [5.74, 6) is -0.643. The van der Waals surface area contributed by atoms with Crippen molar-refractivity contribution < 1.29 is 9.59 Å². The van der Waals surface area contributed by atoms with Crippen LogP contribution in [-0.2, 0) is 0 Å². The van der Waals surface area contributed by atoms with Crippen molar-refractivity contribution in [3.63, 3.8) is 0 Å². The van der Waals surface area contributed by atoms with E-state index in [1.54, 1.807) is 36.4 Å². The van der Waals surface area contributed by atoms with Gasteiger partial charge in [-0.3, -0.25) is 9.59 Å². The van der Waals surface area contributed by atoms with Crippen LogP contribution in [0.2, 0.25) is 0 Å². The van der Waals surface area contributed by atoms with Crippen LogP contribution in [-0.4, -0.2) is 11.8 Å². The average Bonchev–Trinajstić information content (AvgIpc) is 2.66. The maximum Gasteiger partial charge on any atom is 0.266 e. The van der Waals surface area contributed by atoms with Gasteiger partial charge in [-0.25, -0.2) is 4.90 Å². The monoisotopic (exact) mass is 252 g/mol. The second kappa shape index (κ2) is 3.95. The highest BCUT2D eigenvalue weighted by atomic mass is 16.2. The van der Waals surface area contributed by atoms with Crippen molar-refractivity contribution in [2.45, 2.75) is 6.92 Å². The minimum atomic E-state index is -0.321. The first-order valence-electron chi connectivity index (χ1n) is 5.93. The maximum atomic E-state index is 12.3. The van der Waals surface area contributed by atoms with E-state index in [0.29, 0.717) is 22.5 Å². The molecule has 2 amide bonds. The maximum absolute atomic E-state index is 12.3. The minimum Gasteiger partial charge on any atom is -0.397 e. The summed E-state index contributed by atoms with van der Waals surface area (Å²) in [5, 5.41) is 0. The van der Waals surface area contributed by atoms with E-state index in [1.165, 1.54) is 0 Å². The molecular formula is C15H12N2O2. The van der Waals surface area contributed by atoms with Gasteiger partial charge in [-0.2, -0.15) is 0 Å². The molecule has 0 fully saturated rings. The van der Waals surface area contributed by atoms with Gasteiger partial charge in [0, 0.05) is 0 Å². The third kappa shape index (κ3) is 1.61. The first kappa shape index (κ1) is 11.5. The Kier molecular flexibility index (Phi) is 2.38. The number of fused-ring (bicyclic) bond motifs is 1. The van der Waals surface area contributed by atoms with Crippen molar-refractivity contribution >= 4 is 23.2 Å². The Morgan fingerprint density at radius 3 is 2.11 bits per heavy atom. The van der Waals surface area contributed by atoms with E-state index >= 15 is 0 Å². The molecule has 0 saturated carbocycles. The molecule has 94 valence electrons. The lowest BCUT2D eigenvalue weighted by Crippen LogP contribution is -2.30. The predicted octanol–water partition coefficient (Wildman–Crippen LogP) is 2.38.